The molecule has 0 fully saturated rings. The van der Waals surface area contributed by atoms with Crippen molar-refractivity contribution in [3.63, 3.8) is 0 Å². The van der Waals surface area contributed by atoms with E-state index in [2.05, 4.69) is 0 Å². The molecule has 17 heteroatoms. The van der Waals surface area contributed by atoms with Gasteiger partial charge >= 0.3 is 40.1 Å². The normalized spacial score (nSPS) is 18.2. The molecule has 0 radical (unpaired) electrons. The predicted octanol–water partition coefficient (Wildman–Crippen LogP) is 2.80. The molecule has 0 heterocycles. The highest BCUT2D eigenvalue weighted by molar-refractivity contribution is 7.86. The average molecular weight is 382 g/mol. The van der Waals surface area contributed by atoms with Crippen LogP contribution in [0.15, 0.2) is 0 Å². The zero-order chi connectivity index (χ0) is 18.4. The maximum Gasteiger partial charge on any atom is 0.527 e. The molecule has 0 aromatic rings. The van der Waals surface area contributed by atoms with E-state index in [-0.39, 0.29) is 0 Å². The summed E-state index contributed by atoms with van der Waals surface area (Å²) < 4.78 is 164. The van der Waals surface area contributed by atoms with Crippen LogP contribution in [-0.4, -0.2) is 42.9 Å². The van der Waals surface area contributed by atoms with Gasteiger partial charge in [-0.2, -0.15) is 43.5 Å². The Bertz CT molecular complexity index is 506. The molecule has 0 saturated heterocycles. The third kappa shape index (κ3) is 4.29. The molecule has 0 bridgehead atoms. The lowest BCUT2D eigenvalue weighted by Crippen LogP contribution is -2.62. The van der Waals surface area contributed by atoms with Crippen molar-refractivity contribution >= 4 is 10.1 Å². The summed E-state index contributed by atoms with van der Waals surface area (Å²) in [5, 5.41) is 0. The Morgan fingerprint density at radius 1 is 0.727 bits per heavy atom. The van der Waals surface area contributed by atoms with Gasteiger partial charge in [-0.15, -0.1) is 13.2 Å². The molecule has 0 aliphatic heterocycles. The van der Waals surface area contributed by atoms with Gasteiger partial charge < -0.3 is 0 Å². The lowest BCUT2D eigenvalue weighted by molar-refractivity contribution is -0.531. The first-order chi connectivity index (χ1) is 9.16. The second kappa shape index (κ2) is 5.31. The Morgan fingerprint density at radius 2 is 1.09 bits per heavy atom. The van der Waals surface area contributed by atoms with E-state index in [1.807, 2.05) is 0 Å². The van der Waals surface area contributed by atoms with Gasteiger partial charge in [-0.25, -0.2) is 4.74 Å². The van der Waals surface area contributed by atoms with E-state index in [9.17, 15) is 56.7 Å². The molecule has 134 valence electrons. The van der Waals surface area contributed by atoms with Crippen molar-refractivity contribution in [1.29, 1.82) is 0 Å². The van der Waals surface area contributed by atoms with Gasteiger partial charge in [-0.05, 0) is 0 Å². The third-order valence-electron chi connectivity index (χ3n) is 1.54. The smallest absolute Gasteiger partial charge is 0.279 e. The molecule has 1 N–H and O–H groups in total. The number of hydrogen-bond acceptors (Lipinski definition) is 4. The number of rotatable bonds is 5. The van der Waals surface area contributed by atoms with Crippen molar-refractivity contribution in [3.8, 4) is 0 Å². The van der Waals surface area contributed by atoms with E-state index in [4.69, 9.17) is 4.55 Å². The van der Waals surface area contributed by atoms with Crippen LogP contribution in [-0.2, 0) is 19.6 Å². The second-order valence-corrected chi connectivity index (χ2v) is 4.62. The zero-order valence-corrected chi connectivity index (χ0v) is 9.96. The van der Waals surface area contributed by atoms with Gasteiger partial charge in [-0.1, -0.05) is 0 Å². The average Bonchev–Trinajstić information content (AvgIpc) is 2.08. The van der Waals surface area contributed by atoms with E-state index in [1.54, 1.807) is 4.74 Å². The van der Waals surface area contributed by atoms with Crippen molar-refractivity contribution in [2.45, 2.75) is 29.9 Å². The first kappa shape index (κ1) is 21.1. The van der Waals surface area contributed by atoms with Gasteiger partial charge in [0.25, 0.3) is 0 Å². The highest BCUT2D eigenvalue weighted by Gasteiger charge is 2.80. The molecule has 0 saturated carbocycles. The fourth-order valence-corrected chi connectivity index (χ4v) is 0.930. The van der Waals surface area contributed by atoms with Gasteiger partial charge in [0.2, 0.25) is 0 Å². The SMILES string of the molecule is O=S(=O)(O)C(F)(F)OC(F)(C(F)(F)F)C(F)(F)OC(F)(F)F. The molecule has 1 unspecified atom stereocenters. The van der Waals surface area contributed by atoms with Crippen molar-refractivity contribution in [2.24, 2.45) is 0 Å². The Balaban J connectivity index is 6.03. The van der Waals surface area contributed by atoms with Crippen LogP contribution >= 0.6 is 0 Å². The highest BCUT2D eigenvalue weighted by atomic mass is 32.2. The first-order valence-electron chi connectivity index (χ1n) is 4.12. The summed E-state index contributed by atoms with van der Waals surface area (Å²) in [4.78, 5) is 0. The van der Waals surface area contributed by atoms with Gasteiger partial charge in [-0.3, -0.25) is 9.29 Å². The zero-order valence-electron chi connectivity index (χ0n) is 9.15. The molecular formula is C5HF11O5S. The van der Waals surface area contributed by atoms with Crippen LogP contribution in [0.3, 0.4) is 0 Å². The summed E-state index contributed by atoms with van der Waals surface area (Å²) in [6, 6.07) is 0. The molecule has 22 heavy (non-hydrogen) atoms. The molecule has 0 aliphatic rings. The molecule has 0 amide bonds. The number of ether oxygens (including phenoxy) is 2. The lowest BCUT2D eigenvalue weighted by Gasteiger charge is -2.35. The Hall–Kier alpha value is -0.940. The first-order valence-corrected chi connectivity index (χ1v) is 5.56. The van der Waals surface area contributed by atoms with E-state index < -0.39 is 40.1 Å². The fraction of sp³-hybridized carbons (Fsp3) is 1.00. The molecule has 0 aliphatic carbocycles. The van der Waals surface area contributed by atoms with Crippen molar-refractivity contribution in [1.82, 2.24) is 0 Å². The standard InChI is InChI=1S/C5HF11O5S/c6-1(2(7,8)9,3(10,11)21-4(12,13)14)20-5(15,16)22(17,18)19/h(H,17,18,19). The molecule has 0 aromatic carbocycles. The number of hydrogen-bond donors (Lipinski definition) is 1. The van der Waals surface area contributed by atoms with Crippen LogP contribution in [0.5, 0.6) is 0 Å². The maximum absolute atomic E-state index is 13.1. The van der Waals surface area contributed by atoms with Crippen LogP contribution in [0, 0.1) is 0 Å². The van der Waals surface area contributed by atoms with Crippen molar-refractivity contribution < 1.29 is 70.7 Å². The van der Waals surface area contributed by atoms with Crippen LogP contribution in [0.25, 0.3) is 0 Å². The maximum atomic E-state index is 13.1. The van der Waals surface area contributed by atoms with E-state index in [1.165, 1.54) is 4.74 Å². The van der Waals surface area contributed by atoms with Gasteiger partial charge in [0.05, 0.1) is 0 Å². The minimum Gasteiger partial charge on any atom is -0.279 e. The van der Waals surface area contributed by atoms with E-state index in [0.717, 1.165) is 0 Å². The Kier molecular flexibility index (Phi) is 5.08. The number of alkyl halides is 11. The topological polar surface area (TPSA) is 72.8 Å². The van der Waals surface area contributed by atoms with Gasteiger partial charge in [0, 0.05) is 0 Å². The van der Waals surface area contributed by atoms with Crippen LogP contribution in [0.1, 0.15) is 0 Å². The minimum absolute atomic E-state index is 1.41. The lowest BCUT2D eigenvalue weighted by atomic mass is 10.2. The van der Waals surface area contributed by atoms with Crippen molar-refractivity contribution in [3.05, 3.63) is 0 Å². The second-order valence-electron chi connectivity index (χ2n) is 3.20. The molecule has 0 aromatic heterocycles. The largest absolute Gasteiger partial charge is 0.527 e. The third-order valence-corrected chi connectivity index (χ3v) is 2.23. The summed E-state index contributed by atoms with van der Waals surface area (Å²) in [7, 11) is -7.07. The van der Waals surface area contributed by atoms with E-state index >= 15 is 0 Å². The monoisotopic (exact) mass is 382 g/mol. The number of halogens is 11. The highest BCUT2D eigenvalue weighted by Crippen LogP contribution is 2.51. The Morgan fingerprint density at radius 3 is 1.32 bits per heavy atom. The fourth-order valence-electron chi connectivity index (χ4n) is 0.710. The van der Waals surface area contributed by atoms with Crippen molar-refractivity contribution in [2.75, 3.05) is 0 Å². The van der Waals surface area contributed by atoms with E-state index in [0.29, 0.717) is 0 Å². The van der Waals surface area contributed by atoms with Crippen LogP contribution in [0.2, 0.25) is 0 Å². The molecule has 1 atom stereocenters. The summed E-state index contributed by atoms with van der Waals surface area (Å²) >= 11 is 0. The molecular weight excluding hydrogens is 381 g/mol. The van der Waals surface area contributed by atoms with Crippen LogP contribution in [0.4, 0.5) is 48.3 Å². The quantitative estimate of drug-likeness (QED) is 0.585. The molecule has 5 nitrogen and oxygen atoms in total. The summed E-state index contributed by atoms with van der Waals surface area (Å²) in [6.45, 7) is 0. The predicted molar refractivity (Wildman–Crippen MR) is 39.6 cm³/mol. The van der Waals surface area contributed by atoms with Gasteiger partial charge in [0.15, 0.2) is 0 Å². The Labute approximate surface area is 112 Å². The molecule has 0 spiro atoms. The minimum atomic E-state index is -7.34. The summed E-state index contributed by atoms with van der Waals surface area (Å²) in [5.41, 5.74) is -6.68. The summed E-state index contributed by atoms with van der Waals surface area (Å²) in [6.07, 6.45) is -21.2. The van der Waals surface area contributed by atoms with Crippen LogP contribution < -0.4 is 0 Å². The molecule has 0 rings (SSSR count). The van der Waals surface area contributed by atoms with Gasteiger partial charge in [0.1, 0.15) is 0 Å². The summed E-state index contributed by atoms with van der Waals surface area (Å²) in [5.74, 6) is -7.28.